The van der Waals surface area contributed by atoms with Crippen LogP contribution in [0.2, 0.25) is 0 Å². The van der Waals surface area contributed by atoms with Gasteiger partial charge in [0.1, 0.15) is 22.4 Å². The molecule has 0 atom stereocenters. The van der Waals surface area contributed by atoms with Gasteiger partial charge in [0.15, 0.2) is 11.6 Å². The lowest BCUT2D eigenvalue weighted by molar-refractivity contribution is -0.146. The van der Waals surface area contributed by atoms with Gasteiger partial charge in [0.25, 0.3) is 0 Å². The van der Waals surface area contributed by atoms with E-state index in [9.17, 15) is 9.59 Å². The molecule has 0 saturated heterocycles. The summed E-state index contributed by atoms with van der Waals surface area (Å²) in [7, 11) is 3.27. The number of carbonyl (C=O) groups excluding carboxylic acids is 2. The number of carbonyl (C=O) groups is 2. The Morgan fingerprint density at radius 3 is 0.692 bits per heavy atom. The molecule has 454 valence electrons. The molecule has 2 heterocycles. The Labute approximate surface area is 476 Å². The second-order valence-electron chi connectivity index (χ2n) is 15.8. The molecule has 0 aliphatic heterocycles. The molecule has 0 unspecified atom stereocenters. The molecule has 2 aromatic heterocycles. The van der Waals surface area contributed by atoms with Crippen LogP contribution in [0, 0.1) is 0 Å². The quantitative estimate of drug-likeness (QED) is 0.0682. The molecule has 0 fully saturated rings. The standard InChI is InChI=1S/C50H88Br2N4O22/c1-59-7-9-61-11-13-63-15-17-65-19-21-67-23-25-69-27-29-71-31-33-73-35-37-75-39-41-77-47(57)3-5-55-45(51)43-53-49(55)50-54-44-46(52)56(50)6-4-48(58)78-42-40-76-38-36-74-34-32-72-30-28-70-26-24-68-22-20-66-18-16-64-14-12-62-10-8-60-2/h43-44H,3-42H2,1-2H3. The number of aromatic nitrogens is 4. The molecule has 0 aromatic carbocycles. The zero-order valence-electron chi connectivity index (χ0n) is 46.0. The van der Waals surface area contributed by atoms with Crippen LogP contribution >= 0.6 is 31.9 Å². The minimum Gasteiger partial charge on any atom is -0.463 e. The minimum absolute atomic E-state index is 0.0828. The fourth-order valence-electron chi connectivity index (χ4n) is 6.04. The first-order valence-electron chi connectivity index (χ1n) is 26.4. The molecule has 2 aromatic rings. The van der Waals surface area contributed by atoms with Gasteiger partial charge in [0, 0.05) is 27.3 Å². The molecule has 0 spiro atoms. The molecule has 0 radical (unpaired) electrons. The molecule has 0 bridgehead atoms. The number of ether oxygens (including phenoxy) is 20. The molecule has 0 amide bonds. The zero-order valence-corrected chi connectivity index (χ0v) is 49.1. The Morgan fingerprint density at radius 2 is 0.500 bits per heavy atom. The third-order valence-electron chi connectivity index (χ3n) is 9.95. The number of methoxy groups -OCH3 is 2. The first kappa shape index (κ1) is 71.7. The van der Waals surface area contributed by atoms with Crippen LogP contribution in [0.1, 0.15) is 12.8 Å². The van der Waals surface area contributed by atoms with Gasteiger partial charge in [-0.3, -0.25) is 9.59 Å². The summed E-state index contributed by atoms with van der Waals surface area (Å²) in [6.07, 6.45) is 3.42. The second kappa shape index (κ2) is 55.2. The monoisotopic (exact) mass is 1250 g/mol. The molecule has 2 rings (SSSR count). The van der Waals surface area contributed by atoms with E-state index in [1.807, 2.05) is 9.13 Å². The first-order chi connectivity index (χ1) is 38.5. The van der Waals surface area contributed by atoms with Gasteiger partial charge in [0.2, 0.25) is 0 Å². The highest BCUT2D eigenvalue weighted by Gasteiger charge is 2.20. The molecule has 0 aliphatic carbocycles. The normalized spacial score (nSPS) is 11.6. The summed E-state index contributed by atoms with van der Waals surface area (Å²) in [5.41, 5.74) is 0. The topological polar surface area (TPSA) is 254 Å². The third-order valence-corrected chi connectivity index (χ3v) is 11.2. The maximum atomic E-state index is 12.6. The fraction of sp³-hybridized carbons (Fsp3) is 0.840. The van der Waals surface area contributed by atoms with Crippen molar-refractivity contribution in [3.05, 3.63) is 21.6 Å². The maximum Gasteiger partial charge on any atom is 0.307 e. The van der Waals surface area contributed by atoms with Gasteiger partial charge in [-0.1, -0.05) is 0 Å². The van der Waals surface area contributed by atoms with Crippen LogP contribution in [0.4, 0.5) is 0 Å². The van der Waals surface area contributed by atoms with Crippen molar-refractivity contribution in [2.75, 3.05) is 252 Å². The average molecular weight is 1260 g/mol. The van der Waals surface area contributed by atoms with E-state index in [-0.39, 0.29) is 52.4 Å². The Hall–Kier alpha value is -2.40. The highest BCUT2D eigenvalue weighted by Crippen LogP contribution is 2.26. The summed E-state index contributed by atoms with van der Waals surface area (Å²) >= 11 is 7.03. The lowest BCUT2D eigenvalue weighted by atomic mass is 10.4. The number of hydrogen-bond acceptors (Lipinski definition) is 24. The van der Waals surface area contributed by atoms with E-state index in [2.05, 4.69) is 41.8 Å². The predicted octanol–water partition coefficient (Wildman–Crippen LogP) is 2.70. The van der Waals surface area contributed by atoms with Gasteiger partial charge in [-0.05, 0) is 31.9 Å². The number of esters is 2. The maximum absolute atomic E-state index is 12.6. The first-order valence-corrected chi connectivity index (χ1v) is 28.0. The van der Waals surface area contributed by atoms with Gasteiger partial charge >= 0.3 is 11.9 Å². The number of rotatable bonds is 61. The smallest absolute Gasteiger partial charge is 0.307 e. The third kappa shape index (κ3) is 42.4. The summed E-state index contributed by atoms with van der Waals surface area (Å²) in [6, 6.07) is 0. The van der Waals surface area contributed by atoms with Gasteiger partial charge < -0.3 is 104 Å². The summed E-state index contributed by atoms with van der Waals surface area (Å²) in [5.74, 6) is 0.224. The molecule has 28 heteroatoms. The van der Waals surface area contributed by atoms with E-state index < -0.39 is 11.9 Å². The van der Waals surface area contributed by atoms with E-state index in [0.717, 1.165) is 0 Å². The summed E-state index contributed by atoms with van der Waals surface area (Å²) < 4.78 is 113. The molecule has 0 N–H and O–H groups in total. The van der Waals surface area contributed by atoms with Crippen LogP contribution in [0.5, 0.6) is 0 Å². The average Bonchev–Trinajstić information content (AvgIpc) is 4.03. The van der Waals surface area contributed by atoms with E-state index in [1.165, 1.54) is 0 Å². The van der Waals surface area contributed by atoms with Crippen LogP contribution in [-0.4, -0.2) is 283 Å². The Bertz CT molecular complexity index is 1540. The Balaban J connectivity index is 1.38. The lowest BCUT2D eigenvalue weighted by Gasteiger charge is -2.12. The second-order valence-corrected chi connectivity index (χ2v) is 17.5. The van der Waals surface area contributed by atoms with Crippen molar-refractivity contribution >= 4 is 43.8 Å². The number of nitrogens with zero attached hydrogens (tertiary/aromatic N) is 4. The van der Waals surface area contributed by atoms with Crippen LogP contribution in [-0.2, 0) is 117 Å². The fourth-order valence-corrected chi connectivity index (χ4v) is 6.93. The van der Waals surface area contributed by atoms with Crippen LogP contribution < -0.4 is 0 Å². The zero-order chi connectivity index (χ0) is 55.9. The molecule has 0 saturated carbocycles. The van der Waals surface area contributed by atoms with Crippen molar-refractivity contribution in [2.24, 2.45) is 0 Å². The van der Waals surface area contributed by atoms with Gasteiger partial charge in [-0.15, -0.1) is 0 Å². The van der Waals surface area contributed by atoms with Crippen molar-refractivity contribution in [2.45, 2.75) is 25.9 Å². The van der Waals surface area contributed by atoms with Crippen molar-refractivity contribution in [1.29, 1.82) is 0 Å². The van der Waals surface area contributed by atoms with Gasteiger partial charge in [-0.2, -0.15) is 0 Å². The van der Waals surface area contributed by atoms with Crippen LogP contribution in [0.25, 0.3) is 11.6 Å². The summed E-state index contributed by atoms with van der Waals surface area (Å²) in [6.45, 7) is 16.4. The minimum atomic E-state index is -0.395. The number of halogens is 2. The number of hydrogen-bond donors (Lipinski definition) is 0. The van der Waals surface area contributed by atoms with E-state index in [4.69, 9.17) is 94.7 Å². The molecular formula is C50H88Br2N4O22. The van der Waals surface area contributed by atoms with Crippen LogP contribution in [0.3, 0.4) is 0 Å². The summed E-state index contributed by atoms with van der Waals surface area (Å²) in [4.78, 5) is 34.2. The molecule has 0 aliphatic rings. The van der Waals surface area contributed by atoms with Crippen molar-refractivity contribution in [3.63, 3.8) is 0 Å². The highest BCUT2D eigenvalue weighted by molar-refractivity contribution is 9.10. The highest BCUT2D eigenvalue weighted by atomic mass is 79.9. The molecule has 78 heavy (non-hydrogen) atoms. The summed E-state index contributed by atoms with van der Waals surface area (Å²) in [5, 5.41) is 0. The number of imidazole rings is 2. The van der Waals surface area contributed by atoms with E-state index >= 15 is 0 Å². The SMILES string of the molecule is COCCOCCOCCOCCOCCOCCOCCOCCOCCOC(=O)CCn1c(Br)cnc1-c1ncc(Br)n1CCC(=O)OCCOCCOCCOCCOCCOCCOCCOCCOCCOC. The van der Waals surface area contributed by atoms with E-state index in [1.54, 1.807) is 26.6 Å². The largest absolute Gasteiger partial charge is 0.463 e. The van der Waals surface area contributed by atoms with E-state index in [0.29, 0.717) is 232 Å². The molecule has 26 nitrogen and oxygen atoms in total. The van der Waals surface area contributed by atoms with Gasteiger partial charge in [-0.25, -0.2) is 9.97 Å². The lowest BCUT2D eigenvalue weighted by Crippen LogP contribution is -2.17. The van der Waals surface area contributed by atoms with Crippen LogP contribution in [0.15, 0.2) is 21.6 Å². The van der Waals surface area contributed by atoms with Crippen molar-refractivity contribution < 1.29 is 104 Å². The predicted molar refractivity (Wildman–Crippen MR) is 287 cm³/mol. The van der Waals surface area contributed by atoms with Crippen molar-refractivity contribution in [1.82, 2.24) is 19.1 Å². The Morgan fingerprint density at radius 1 is 0.321 bits per heavy atom. The molecular weight excluding hydrogens is 1170 g/mol. The Kier molecular flexibility index (Phi) is 50.7. The van der Waals surface area contributed by atoms with Gasteiger partial charge in [0.05, 0.1) is 250 Å². The van der Waals surface area contributed by atoms with Crippen molar-refractivity contribution in [3.8, 4) is 11.6 Å².